The largest absolute Gasteiger partial charge is 0.493 e. The molecule has 3 aromatic rings. The van der Waals surface area contributed by atoms with Crippen LogP contribution in [0.4, 0.5) is 5.69 Å². The summed E-state index contributed by atoms with van der Waals surface area (Å²) in [6.07, 6.45) is 0. The highest BCUT2D eigenvalue weighted by Gasteiger charge is 2.19. The molecule has 1 aromatic heterocycles. The molecule has 174 valence electrons. The highest BCUT2D eigenvalue weighted by Crippen LogP contribution is 2.38. The fraction of sp³-hybridized carbons (Fsp3) is 0.286. The van der Waals surface area contributed by atoms with Crippen LogP contribution in [0.3, 0.4) is 0 Å². The summed E-state index contributed by atoms with van der Waals surface area (Å²) in [5.41, 5.74) is 0.556. The standard InChI is InChI=1S/C21H21N3O8S/c1-5-32-18(25)11-23-14-7-6-13(24(27)28)10-17(14)33-21(23)22-20(26)12-8-15(29-2)19(31-4)16(9-12)30-3/h6-10H,5,11H2,1-4H3. The van der Waals surface area contributed by atoms with Gasteiger partial charge in [0.05, 0.1) is 43.1 Å². The van der Waals surface area contributed by atoms with Gasteiger partial charge in [-0.05, 0) is 25.1 Å². The molecular weight excluding hydrogens is 454 g/mol. The number of hydrogen-bond acceptors (Lipinski definition) is 9. The quantitative estimate of drug-likeness (QED) is 0.276. The Kier molecular flexibility index (Phi) is 7.28. The summed E-state index contributed by atoms with van der Waals surface area (Å²) in [5, 5.41) is 11.2. The van der Waals surface area contributed by atoms with E-state index in [1.54, 1.807) is 6.92 Å². The van der Waals surface area contributed by atoms with Crippen LogP contribution in [0.1, 0.15) is 17.3 Å². The molecule has 1 heterocycles. The van der Waals surface area contributed by atoms with Gasteiger partial charge < -0.3 is 23.5 Å². The van der Waals surface area contributed by atoms with E-state index in [9.17, 15) is 19.7 Å². The monoisotopic (exact) mass is 475 g/mol. The van der Waals surface area contributed by atoms with Crippen molar-refractivity contribution in [2.45, 2.75) is 13.5 Å². The number of aromatic nitrogens is 1. The SMILES string of the molecule is CCOC(=O)Cn1c(=NC(=O)c2cc(OC)c(OC)c(OC)c2)sc2cc([N+](=O)[O-])ccc21. The molecule has 3 rings (SSSR count). The molecule has 0 aliphatic carbocycles. The van der Waals surface area contributed by atoms with Crippen molar-refractivity contribution in [1.82, 2.24) is 4.57 Å². The van der Waals surface area contributed by atoms with E-state index in [4.69, 9.17) is 18.9 Å². The summed E-state index contributed by atoms with van der Waals surface area (Å²) in [6, 6.07) is 7.11. The zero-order valence-corrected chi connectivity index (χ0v) is 19.1. The third kappa shape index (κ3) is 4.95. The number of ether oxygens (including phenoxy) is 4. The van der Waals surface area contributed by atoms with E-state index >= 15 is 0 Å². The van der Waals surface area contributed by atoms with Crippen LogP contribution in [0.15, 0.2) is 35.3 Å². The van der Waals surface area contributed by atoms with Crippen molar-refractivity contribution in [2.75, 3.05) is 27.9 Å². The number of benzene rings is 2. The van der Waals surface area contributed by atoms with Gasteiger partial charge in [0, 0.05) is 17.7 Å². The lowest BCUT2D eigenvalue weighted by atomic mass is 10.1. The molecule has 0 atom stereocenters. The number of esters is 1. The number of fused-ring (bicyclic) bond motifs is 1. The van der Waals surface area contributed by atoms with Crippen molar-refractivity contribution >= 4 is 39.1 Å². The Morgan fingerprint density at radius 3 is 2.30 bits per heavy atom. The van der Waals surface area contributed by atoms with Crippen LogP contribution in [0.25, 0.3) is 10.2 Å². The van der Waals surface area contributed by atoms with Crippen LogP contribution >= 0.6 is 11.3 Å². The lowest BCUT2D eigenvalue weighted by Gasteiger charge is -2.12. The van der Waals surface area contributed by atoms with Gasteiger partial charge in [0.25, 0.3) is 11.6 Å². The second kappa shape index (κ2) is 10.1. The third-order valence-corrected chi connectivity index (χ3v) is 5.62. The number of amides is 1. The van der Waals surface area contributed by atoms with Gasteiger partial charge in [-0.3, -0.25) is 19.7 Å². The molecule has 0 radical (unpaired) electrons. The van der Waals surface area contributed by atoms with Crippen LogP contribution in [0, 0.1) is 10.1 Å². The molecule has 2 aromatic carbocycles. The second-order valence-corrected chi connectivity index (χ2v) is 7.53. The molecule has 12 heteroatoms. The Hall–Kier alpha value is -3.93. The average molecular weight is 475 g/mol. The Morgan fingerprint density at radius 2 is 1.76 bits per heavy atom. The fourth-order valence-corrected chi connectivity index (χ4v) is 4.17. The van der Waals surface area contributed by atoms with Crippen molar-refractivity contribution in [3.8, 4) is 17.2 Å². The van der Waals surface area contributed by atoms with Crippen LogP contribution in [-0.4, -0.2) is 49.3 Å². The zero-order chi connectivity index (χ0) is 24.1. The van der Waals surface area contributed by atoms with Crippen LogP contribution < -0.4 is 19.0 Å². The number of nitro groups is 1. The predicted octanol–water partition coefficient (Wildman–Crippen LogP) is 2.94. The first-order valence-corrected chi connectivity index (χ1v) is 10.5. The lowest BCUT2D eigenvalue weighted by molar-refractivity contribution is -0.384. The second-order valence-electron chi connectivity index (χ2n) is 6.52. The van der Waals surface area contributed by atoms with Gasteiger partial charge in [0.2, 0.25) is 5.75 Å². The first-order valence-electron chi connectivity index (χ1n) is 9.65. The third-order valence-electron chi connectivity index (χ3n) is 4.58. The average Bonchev–Trinajstić information content (AvgIpc) is 3.13. The fourth-order valence-electron chi connectivity index (χ4n) is 3.11. The van der Waals surface area contributed by atoms with Crippen molar-refractivity contribution in [3.63, 3.8) is 0 Å². The van der Waals surface area contributed by atoms with Gasteiger partial charge >= 0.3 is 5.97 Å². The van der Waals surface area contributed by atoms with E-state index in [1.165, 1.54) is 56.2 Å². The molecule has 0 spiro atoms. The first-order chi connectivity index (χ1) is 15.8. The first kappa shape index (κ1) is 23.7. The molecular formula is C21H21N3O8S. The van der Waals surface area contributed by atoms with Gasteiger partial charge in [-0.15, -0.1) is 0 Å². The summed E-state index contributed by atoms with van der Waals surface area (Å²) in [6.45, 7) is 1.65. The minimum Gasteiger partial charge on any atom is -0.493 e. The number of hydrogen-bond donors (Lipinski definition) is 0. The number of thiazole rings is 1. The molecule has 0 saturated carbocycles. The van der Waals surface area contributed by atoms with Crippen LogP contribution in [0.5, 0.6) is 17.2 Å². The summed E-state index contributed by atoms with van der Waals surface area (Å²) < 4.78 is 22.8. The molecule has 0 N–H and O–H groups in total. The number of carbonyl (C=O) groups excluding carboxylic acids is 2. The van der Waals surface area contributed by atoms with E-state index < -0.39 is 16.8 Å². The molecule has 11 nitrogen and oxygen atoms in total. The van der Waals surface area contributed by atoms with Gasteiger partial charge in [-0.25, -0.2) is 0 Å². The van der Waals surface area contributed by atoms with Crippen molar-refractivity contribution < 1.29 is 33.5 Å². The summed E-state index contributed by atoms with van der Waals surface area (Å²) in [7, 11) is 4.30. The number of nitrogens with zero attached hydrogens (tertiary/aromatic N) is 3. The van der Waals surface area contributed by atoms with Gasteiger partial charge in [-0.2, -0.15) is 4.99 Å². The maximum Gasteiger partial charge on any atom is 0.326 e. The van der Waals surface area contributed by atoms with Crippen molar-refractivity contribution in [1.29, 1.82) is 0 Å². The Balaban J connectivity index is 2.16. The van der Waals surface area contributed by atoms with Crippen LogP contribution in [0.2, 0.25) is 0 Å². The van der Waals surface area contributed by atoms with E-state index in [0.29, 0.717) is 16.0 Å². The molecule has 0 fully saturated rings. The minimum atomic E-state index is -0.632. The van der Waals surface area contributed by atoms with Gasteiger partial charge in [0.1, 0.15) is 6.54 Å². The van der Waals surface area contributed by atoms with E-state index in [-0.39, 0.29) is 40.7 Å². The normalized spacial score (nSPS) is 11.3. The highest BCUT2D eigenvalue weighted by atomic mass is 32.1. The molecule has 33 heavy (non-hydrogen) atoms. The maximum absolute atomic E-state index is 13.0. The predicted molar refractivity (Wildman–Crippen MR) is 119 cm³/mol. The molecule has 0 aliphatic heterocycles. The number of non-ortho nitro benzene ring substituents is 1. The number of rotatable bonds is 8. The maximum atomic E-state index is 13.0. The van der Waals surface area contributed by atoms with Gasteiger partial charge in [-0.1, -0.05) is 11.3 Å². The Bertz CT molecular complexity index is 1270. The molecule has 0 aliphatic rings. The highest BCUT2D eigenvalue weighted by molar-refractivity contribution is 7.16. The number of nitro benzene ring substituents is 1. The topological polar surface area (TPSA) is 131 Å². The van der Waals surface area contributed by atoms with Crippen molar-refractivity contribution in [2.24, 2.45) is 4.99 Å². The number of carbonyl (C=O) groups is 2. The molecule has 0 unspecified atom stereocenters. The summed E-state index contributed by atoms with van der Waals surface area (Å²) in [4.78, 5) is 40.2. The summed E-state index contributed by atoms with van der Waals surface area (Å²) >= 11 is 1.04. The smallest absolute Gasteiger partial charge is 0.326 e. The Morgan fingerprint density at radius 1 is 1.09 bits per heavy atom. The molecule has 0 saturated heterocycles. The Labute approximate surface area is 191 Å². The summed E-state index contributed by atoms with van der Waals surface area (Å²) in [5.74, 6) is -0.281. The van der Waals surface area contributed by atoms with E-state index in [0.717, 1.165) is 11.3 Å². The van der Waals surface area contributed by atoms with Gasteiger partial charge in [0.15, 0.2) is 16.3 Å². The number of methoxy groups -OCH3 is 3. The zero-order valence-electron chi connectivity index (χ0n) is 18.3. The van der Waals surface area contributed by atoms with E-state index in [1.807, 2.05) is 0 Å². The minimum absolute atomic E-state index is 0.116. The molecule has 1 amide bonds. The lowest BCUT2D eigenvalue weighted by Crippen LogP contribution is -2.23. The molecule has 0 bridgehead atoms. The van der Waals surface area contributed by atoms with Crippen molar-refractivity contribution in [3.05, 3.63) is 50.8 Å². The van der Waals surface area contributed by atoms with Crippen LogP contribution in [-0.2, 0) is 16.1 Å². The van der Waals surface area contributed by atoms with E-state index in [2.05, 4.69) is 4.99 Å².